The van der Waals surface area contributed by atoms with E-state index in [1.54, 1.807) is 28.3 Å². The molecule has 6 aromatic rings. The van der Waals surface area contributed by atoms with Gasteiger partial charge in [0.05, 0.1) is 72.6 Å². The standard InChI is InChI=1S/C48H55FN10O8/c1-8-29-21-38(67-56-29)46-59-33-14-13-26(31-22-50-42(52-31)34-11-9-15-57(34)44(60)40(24(2)3)54-47(62)64-6)17-28(33)19-36(59)39-30(49)18-27(20-37(39)66-46)32-23-51-43(53-32)35-12-10-16-58(35)45(61)41(25(4)5)55-48(63)65-7/h13-14,17-25,34-35,40-41,46H,8-12,15-16H2,1-7H3,(H,50,52)(H,51,53)(H,54,62)(H,55,63)/t34-,35-,40-,41-,46?/m0/s1. The van der Waals surface area contributed by atoms with E-state index < -0.39 is 36.3 Å². The number of carbonyl (C=O) groups is 4. The fourth-order valence-corrected chi connectivity index (χ4v) is 9.59. The number of likely N-dealkylation sites (tertiary alicyclic amines) is 2. The number of aromatic amines is 2. The molecule has 67 heavy (non-hydrogen) atoms. The number of carbonyl (C=O) groups excluding carboxylic acids is 4. The van der Waals surface area contributed by atoms with Crippen molar-refractivity contribution in [3.63, 3.8) is 0 Å². The van der Waals surface area contributed by atoms with E-state index in [2.05, 4.69) is 30.7 Å². The van der Waals surface area contributed by atoms with Gasteiger partial charge in [-0.3, -0.25) is 14.2 Å². The van der Waals surface area contributed by atoms with Gasteiger partial charge in [0.15, 0.2) is 5.76 Å². The molecule has 2 aromatic carbocycles. The SMILES string of the molecule is CCc1cc(C2Oc3cc(-c4cnc([C@@H]5CCCN5C(=O)[C@@H](NC(=O)OC)C(C)C)[nH]4)cc(F)c3-c3cc4cc(-c5cnc([C@@H]6CCCN6C(=O)[C@@H](NC(=O)OC)C(C)C)[nH]5)ccc4n32)on1. The van der Waals surface area contributed by atoms with E-state index in [1.165, 1.54) is 20.3 Å². The van der Waals surface area contributed by atoms with Crippen LogP contribution < -0.4 is 15.4 Å². The van der Waals surface area contributed by atoms with Crippen molar-refractivity contribution >= 4 is 34.9 Å². The fourth-order valence-electron chi connectivity index (χ4n) is 9.59. The van der Waals surface area contributed by atoms with Crippen LogP contribution in [0.1, 0.15) is 102 Å². The van der Waals surface area contributed by atoms with Crippen LogP contribution in [-0.4, -0.2) is 103 Å². The summed E-state index contributed by atoms with van der Waals surface area (Å²) in [5.74, 6) is 0.649. The van der Waals surface area contributed by atoms with Gasteiger partial charge >= 0.3 is 12.2 Å². The van der Waals surface area contributed by atoms with E-state index in [9.17, 15) is 19.2 Å². The lowest BCUT2D eigenvalue weighted by Gasteiger charge is -2.30. The van der Waals surface area contributed by atoms with Crippen molar-refractivity contribution in [3.05, 3.63) is 83.8 Å². The number of alkyl carbamates (subject to hydrolysis) is 2. The Morgan fingerprint density at radius 1 is 0.806 bits per heavy atom. The fraction of sp³-hybridized carbons (Fsp3) is 0.438. The molecule has 0 bridgehead atoms. The Hall–Kier alpha value is -7.18. The highest BCUT2D eigenvalue weighted by Crippen LogP contribution is 2.48. The zero-order valence-corrected chi connectivity index (χ0v) is 38.5. The number of fused-ring (bicyclic) bond motifs is 5. The average Bonchev–Trinajstić information content (AvgIpc) is 4.18. The van der Waals surface area contributed by atoms with Crippen LogP contribution in [0.4, 0.5) is 14.0 Å². The third kappa shape index (κ3) is 8.35. The first-order chi connectivity index (χ1) is 32.3. The predicted molar refractivity (Wildman–Crippen MR) is 243 cm³/mol. The first-order valence-corrected chi connectivity index (χ1v) is 22.8. The summed E-state index contributed by atoms with van der Waals surface area (Å²) in [7, 11) is 2.53. The Balaban J connectivity index is 1.03. The maximum Gasteiger partial charge on any atom is 0.407 e. The summed E-state index contributed by atoms with van der Waals surface area (Å²) in [6, 6.07) is 10.7. The number of imidazole rings is 2. The number of nitrogens with zero attached hydrogens (tertiary/aromatic N) is 6. The molecule has 5 atom stereocenters. The summed E-state index contributed by atoms with van der Waals surface area (Å²) in [5, 5.41) is 10.4. The van der Waals surface area contributed by atoms with Crippen molar-refractivity contribution in [2.75, 3.05) is 27.3 Å². The Morgan fingerprint density at radius 2 is 1.39 bits per heavy atom. The molecule has 1 unspecified atom stereocenters. The zero-order valence-electron chi connectivity index (χ0n) is 38.5. The molecular weight excluding hydrogens is 864 g/mol. The van der Waals surface area contributed by atoms with Crippen LogP contribution in [0.5, 0.6) is 5.75 Å². The molecule has 7 heterocycles. The monoisotopic (exact) mass is 918 g/mol. The number of H-pyrrole nitrogens is 2. The maximum absolute atomic E-state index is 16.8. The molecule has 18 nitrogen and oxygen atoms in total. The molecule has 2 saturated heterocycles. The highest BCUT2D eigenvalue weighted by molar-refractivity contribution is 5.93. The van der Waals surface area contributed by atoms with E-state index in [-0.39, 0.29) is 41.3 Å². The van der Waals surface area contributed by atoms with Crippen LogP contribution in [0.2, 0.25) is 0 Å². The van der Waals surface area contributed by atoms with Gasteiger partial charge in [0.25, 0.3) is 0 Å². The third-order valence-corrected chi connectivity index (χ3v) is 13.1. The highest BCUT2D eigenvalue weighted by atomic mass is 19.1. The molecule has 19 heteroatoms. The lowest BCUT2D eigenvalue weighted by Crippen LogP contribution is -2.51. The van der Waals surface area contributed by atoms with Gasteiger partial charge in [-0.1, -0.05) is 45.8 Å². The van der Waals surface area contributed by atoms with Crippen molar-refractivity contribution in [1.29, 1.82) is 0 Å². The summed E-state index contributed by atoms with van der Waals surface area (Å²) >= 11 is 0. The highest BCUT2D eigenvalue weighted by Gasteiger charge is 2.40. The van der Waals surface area contributed by atoms with Gasteiger partial charge in [0, 0.05) is 35.7 Å². The van der Waals surface area contributed by atoms with Crippen LogP contribution in [-0.2, 0) is 25.5 Å². The Kier molecular flexibility index (Phi) is 12.3. The van der Waals surface area contributed by atoms with E-state index in [0.717, 1.165) is 40.7 Å². The first kappa shape index (κ1) is 45.0. The summed E-state index contributed by atoms with van der Waals surface area (Å²) < 4.78 is 40.9. The number of hydrogen-bond acceptors (Lipinski definition) is 11. The van der Waals surface area contributed by atoms with Gasteiger partial charge in [0.1, 0.15) is 35.3 Å². The van der Waals surface area contributed by atoms with E-state index in [4.69, 9.17) is 23.7 Å². The van der Waals surface area contributed by atoms with Gasteiger partial charge in [-0.15, -0.1) is 0 Å². The van der Waals surface area contributed by atoms with Crippen LogP contribution in [0.3, 0.4) is 0 Å². The molecule has 0 spiro atoms. The van der Waals surface area contributed by atoms with Gasteiger partial charge in [0.2, 0.25) is 18.0 Å². The van der Waals surface area contributed by atoms with Gasteiger partial charge in [-0.2, -0.15) is 0 Å². The van der Waals surface area contributed by atoms with Gasteiger partial charge in [-0.05, 0) is 74.3 Å². The molecule has 3 aliphatic heterocycles. The maximum atomic E-state index is 16.8. The average molecular weight is 919 g/mol. The van der Waals surface area contributed by atoms with E-state index in [1.807, 2.05) is 69.5 Å². The van der Waals surface area contributed by atoms with Crippen molar-refractivity contribution in [2.45, 2.75) is 97.1 Å². The van der Waals surface area contributed by atoms with Crippen LogP contribution >= 0.6 is 0 Å². The summed E-state index contributed by atoms with van der Waals surface area (Å²) in [5.41, 5.74) is 4.96. The summed E-state index contributed by atoms with van der Waals surface area (Å²) in [4.78, 5) is 71.5. The molecule has 352 valence electrons. The topological polar surface area (TPSA) is 215 Å². The molecule has 0 aliphatic carbocycles. The molecule has 2 fully saturated rings. The Bertz CT molecular complexity index is 2840. The molecular formula is C48H55FN10O8. The lowest BCUT2D eigenvalue weighted by atomic mass is 10.0. The minimum Gasteiger partial charge on any atom is -0.462 e. The number of rotatable bonds is 12. The Morgan fingerprint density at radius 3 is 1.93 bits per heavy atom. The quantitative estimate of drug-likeness (QED) is 0.0929. The van der Waals surface area contributed by atoms with Crippen LogP contribution in [0.15, 0.2) is 59.4 Å². The largest absolute Gasteiger partial charge is 0.462 e. The number of ether oxygens (including phenoxy) is 3. The zero-order chi connectivity index (χ0) is 47.3. The van der Waals surface area contributed by atoms with Crippen LogP contribution in [0, 0.1) is 17.7 Å². The number of halogens is 1. The van der Waals surface area contributed by atoms with Crippen molar-refractivity contribution < 1.29 is 42.3 Å². The molecule has 4 N–H and O–H groups in total. The van der Waals surface area contributed by atoms with E-state index >= 15 is 4.39 Å². The molecule has 4 aromatic heterocycles. The number of amides is 4. The van der Waals surface area contributed by atoms with Gasteiger partial charge < -0.3 is 49.1 Å². The second-order valence-electron chi connectivity index (χ2n) is 18.0. The van der Waals surface area contributed by atoms with E-state index in [0.29, 0.717) is 72.5 Å². The summed E-state index contributed by atoms with van der Waals surface area (Å²) in [6.45, 7) is 10.5. The third-order valence-electron chi connectivity index (χ3n) is 13.1. The number of aromatic nitrogens is 6. The molecule has 3 aliphatic rings. The molecule has 9 rings (SSSR count). The second kappa shape index (κ2) is 18.2. The van der Waals surface area contributed by atoms with Crippen molar-refractivity contribution in [3.8, 4) is 39.5 Å². The predicted octanol–water partition coefficient (Wildman–Crippen LogP) is 7.81. The van der Waals surface area contributed by atoms with Crippen LogP contribution in [0.25, 0.3) is 44.7 Å². The lowest BCUT2D eigenvalue weighted by molar-refractivity contribution is -0.136. The number of benzene rings is 2. The summed E-state index contributed by atoms with van der Waals surface area (Å²) in [6.07, 6.45) is 4.74. The number of aryl methyl sites for hydroxylation is 1. The molecule has 0 radical (unpaired) electrons. The second-order valence-corrected chi connectivity index (χ2v) is 18.0. The smallest absolute Gasteiger partial charge is 0.407 e. The molecule has 4 amide bonds. The normalized spacial score (nSPS) is 18.7. The van der Waals surface area contributed by atoms with Crippen molar-refractivity contribution in [1.82, 2.24) is 50.1 Å². The Labute approximate surface area is 385 Å². The first-order valence-electron chi connectivity index (χ1n) is 22.8. The number of hydrogen-bond donors (Lipinski definition) is 4. The molecule has 0 saturated carbocycles. The number of methoxy groups -OCH3 is 2. The minimum absolute atomic E-state index is 0.161. The van der Waals surface area contributed by atoms with Gasteiger partial charge in [-0.25, -0.2) is 23.9 Å². The van der Waals surface area contributed by atoms with Crippen molar-refractivity contribution in [2.24, 2.45) is 11.8 Å². The number of nitrogens with one attached hydrogen (secondary N) is 4. The minimum atomic E-state index is -0.829.